The van der Waals surface area contributed by atoms with Crippen LogP contribution in [0.1, 0.15) is 16.8 Å². The Kier molecular flexibility index (Phi) is 7.72. The largest absolute Gasteiger partial charge is 0.385 e. The van der Waals surface area contributed by atoms with Crippen molar-refractivity contribution in [3.8, 4) is 0 Å². The van der Waals surface area contributed by atoms with E-state index in [2.05, 4.69) is 15.9 Å². The van der Waals surface area contributed by atoms with Gasteiger partial charge in [-0.3, -0.25) is 4.79 Å². The van der Waals surface area contributed by atoms with Crippen LogP contribution in [0.4, 0.5) is 4.39 Å². The number of carbonyl (C=O) groups excluding carboxylic acids is 1. The van der Waals surface area contributed by atoms with E-state index in [4.69, 9.17) is 9.47 Å². The van der Waals surface area contributed by atoms with Gasteiger partial charge in [0.15, 0.2) is 0 Å². The molecule has 0 saturated carbocycles. The zero-order chi connectivity index (χ0) is 15.0. The molecule has 0 saturated heterocycles. The van der Waals surface area contributed by atoms with Crippen LogP contribution in [-0.4, -0.2) is 51.3 Å². The lowest BCUT2D eigenvalue weighted by Gasteiger charge is -2.23. The second-order valence-electron chi connectivity index (χ2n) is 4.23. The Bertz CT molecular complexity index is 442. The number of nitrogens with zero attached hydrogens (tertiary/aromatic N) is 1. The molecule has 0 aliphatic rings. The lowest BCUT2D eigenvalue weighted by Crippen LogP contribution is -2.35. The summed E-state index contributed by atoms with van der Waals surface area (Å²) in [5, 5.41) is 0. The molecule has 0 unspecified atom stereocenters. The van der Waals surface area contributed by atoms with Crippen LogP contribution in [0.2, 0.25) is 0 Å². The van der Waals surface area contributed by atoms with Gasteiger partial charge in [-0.15, -0.1) is 0 Å². The van der Waals surface area contributed by atoms with Gasteiger partial charge in [0.25, 0.3) is 5.91 Å². The van der Waals surface area contributed by atoms with E-state index in [0.717, 1.165) is 6.42 Å². The quantitative estimate of drug-likeness (QED) is 0.678. The number of carbonyl (C=O) groups is 1. The summed E-state index contributed by atoms with van der Waals surface area (Å²) in [6.07, 6.45) is 0.721. The lowest BCUT2D eigenvalue weighted by molar-refractivity contribution is 0.0672. The maximum Gasteiger partial charge on any atom is 0.255 e. The molecule has 0 spiro atoms. The second-order valence-corrected chi connectivity index (χ2v) is 5.03. The molecule has 6 heteroatoms. The highest BCUT2D eigenvalue weighted by molar-refractivity contribution is 9.10. The van der Waals surface area contributed by atoms with E-state index < -0.39 is 5.82 Å². The molecule has 0 radical (unpaired) electrons. The molecule has 0 aliphatic heterocycles. The third-order valence-corrected chi connectivity index (χ3v) is 3.62. The van der Waals surface area contributed by atoms with Crippen molar-refractivity contribution in [3.63, 3.8) is 0 Å². The van der Waals surface area contributed by atoms with Gasteiger partial charge in [-0.1, -0.05) is 6.07 Å². The number of ether oxygens (including phenoxy) is 2. The maximum absolute atomic E-state index is 13.5. The minimum atomic E-state index is -0.445. The van der Waals surface area contributed by atoms with Gasteiger partial charge in [-0.05, 0) is 34.5 Å². The van der Waals surface area contributed by atoms with Crippen LogP contribution in [0, 0.1) is 5.82 Å². The van der Waals surface area contributed by atoms with Crippen LogP contribution < -0.4 is 0 Å². The minimum Gasteiger partial charge on any atom is -0.385 e. The number of hydrogen-bond acceptors (Lipinski definition) is 3. The average Bonchev–Trinajstić information content (AvgIpc) is 2.45. The SMILES string of the molecule is COCCCN(CCOC)C(=O)c1cccc(F)c1Br. The highest BCUT2D eigenvalue weighted by atomic mass is 79.9. The molecule has 1 amide bonds. The molecule has 0 aliphatic carbocycles. The van der Waals surface area contributed by atoms with Crippen LogP contribution in [-0.2, 0) is 9.47 Å². The Labute approximate surface area is 127 Å². The number of hydrogen-bond donors (Lipinski definition) is 0. The first-order valence-corrected chi connectivity index (χ1v) is 7.12. The molecule has 0 aromatic heterocycles. The molecule has 0 fully saturated rings. The molecule has 0 N–H and O–H groups in total. The van der Waals surface area contributed by atoms with Gasteiger partial charge in [-0.25, -0.2) is 4.39 Å². The van der Waals surface area contributed by atoms with E-state index in [1.54, 1.807) is 25.2 Å². The summed E-state index contributed by atoms with van der Waals surface area (Å²) in [6.45, 7) is 2.01. The van der Waals surface area contributed by atoms with Gasteiger partial charge in [0.05, 0.1) is 16.6 Å². The van der Waals surface area contributed by atoms with Crippen LogP contribution in [0.25, 0.3) is 0 Å². The Hall–Kier alpha value is -0.980. The van der Waals surface area contributed by atoms with Crippen molar-refractivity contribution < 1.29 is 18.7 Å². The third kappa shape index (κ3) is 4.85. The van der Waals surface area contributed by atoms with E-state index >= 15 is 0 Å². The van der Waals surface area contributed by atoms with Gasteiger partial charge in [-0.2, -0.15) is 0 Å². The second kappa shape index (κ2) is 9.05. The summed E-state index contributed by atoms with van der Waals surface area (Å²) < 4.78 is 23.7. The van der Waals surface area contributed by atoms with E-state index in [1.807, 2.05) is 0 Å². The first-order valence-electron chi connectivity index (χ1n) is 6.33. The van der Waals surface area contributed by atoms with E-state index in [1.165, 1.54) is 12.1 Å². The predicted octanol–water partition coefficient (Wildman–Crippen LogP) is 2.71. The van der Waals surface area contributed by atoms with Gasteiger partial charge < -0.3 is 14.4 Å². The van der Waals surface area contributed by atoms with Crippen LogP contribution in [0.5, 0.6) is 0 Å². The Balaban J connectivity index is 2.82. The molecule has 112 valence electrons. The Morgan fingerprint density at radius 2 is 1.95 bits per heavy atom. The molecule has 1 aromatic rings. The fourth-order valence-electron chi connectivity index (χ4n) is 1.76. The van der Waals surface area contributed by atoms with Crippen LogP contribution in [0.3, 0.4) is 0 Å². The third-order valence-electron chi connectivity index (χ3n) is 2.81. The van der Waals surface area contributed by atoms with Crippen molar-refractivity contribution in [2.24, 2.45) is 0 Å². The van der Waals surface area contributed by atoms with Crippen molar-refractivity contribution in [1.29, 1.82) is 0 Å². The number of halogens is 2. The first-order chi connectivity index (χ1) is 9.61. The van der Waals surface area contributed by atoms with Gasteiger partial charge in [0, 0.05) is 33.9 Å². The summed E-state index contributed by atoms with van der Waals surface area (Å²) in [6, 6.07) is 4.44. The van der Waals surface area contributed by atoms with Crippen molar-refractivity contribution >= 4 is 21.8 Å². The van der Waals surface area contributed by atoms with Gasteiger partial charge in [0.2, 0.25) is 0 Å². The molecule has 20 heavy (non-hydrogen) atoms. The molecule has 0 atom stereocenters. The first kappa shape index (κ1) is 17.1. The Morgan fingerprint density at radius 1 is 1.25 bits per heavy atom. The van der Waals surface area contributed by atoms with Crippen molar-refractivity contribution in [3.05, 3.63) is 34.1 Å². The fraction of sp³-hybridized carbons (Fsp3) is 0.500. The number of benzene rings is 1. The fourth-order valence-corrected chi connectivity index (χ4v) is 2.19. The monoisotopic (exact) mass is 347 g/mol. The summed E-state index contributed by atoms with van der Waals surface area (Å²) in [5.74, 6) is -0.663. The highest BCUT2D eigenvalue weighted by Gasteiger charge is 2.19. The van der Waals surface area contributed by atoms with Gasteiger partial charge >= 0.3 is 0 Å². The number of methoxy groups -OCH3 is 2. The van der Waals surface area contributed by atoms with E-state index in [-0.39, 0.29) is 10.4 Å². The molecular weight excluding hydrogens is 329 g/mol. The van der Waals surface area contributed by atoms with Crippen molar-refractivity contribution in [1.82, 2.24) is 4.90 Å². The zero-order valence-electron chi connectivity index (χ0n) is 11.7. The van der Waals surface area contributed by atoms with E-state index in [0.29, 0.717) is 31.9 Å². The standard InChI is InChI=1S/C14H19BrFNO3/c1-19-9-4-7-17(8-10-20-2)14(18)11-5-3-6-12(16)13(11)15/h3,5-6H,4,7-10H2,1-2H3. The Morgan fingerprint density at radius 3 is 2.60 bits per heavy atom. The van der Waals surface area contributed by atoms with E-state index in [9.17, 15) is 9.18 Å². The summed E-state index contributed by atoms with van der Waals surface area (Å²) in [7, 11) is 3.19. The normalized spacial score (nSPS) is 10.6. The van der Waals surface area contributed by atoms with Crippen molar-refractivity contribution in [2.75, 3.05) is 40.5 Å². The molecule has 4 nitrogen and oxygen atoms in total. The highest BCUT2D eigenvalue weighted by Crippen LogP contribution is 2.22. The topological polar surface area (TPSA) is 38.8 Å². The summed E-state index contributed by atoms with van der Waals surface area (Å²) in [5.41, 5.74) is 0.318. The zero-order valence-corrected chi connectivity index (χ0v) is 13.3. The maximum atomic E-state index is 13.5. The molecule has 0 bridgehead atoms. The molecule has 1 rings (SSSR count). The summed E-state index contributed by atoms with van der Waals surface area (Å²) in [4.78, 5) is 14.1. The molecule has 0 heterocycles. The molecular formula is C14H19BrFNO3. The lowest BCUT2D eigenvalue weighted by atomic mass is 10.2. The number of rotatable bonds is 8. The van der Waals surface area contributed by atoms with Crippen molar-refractivity contribution in [2.45, 2.75) is 6.42 Å². The minimum absolute atomic E-state index is 0.194. The smallest absolute Gasteiger partial charge is 0.255 e. The molecule has 1 aromatic carbocycles. The number of amides is 1. The average molecular weight is 348 g/mol. The van der Waals surface area contributed by atoms with Gasteiger partial charge in [0.1, 0.15) is 5.82 Å². The predicted molar refractivity (Wildman–Crippen MR) is 78.4 cm³/mol. The summed E-state index contributed by atoms with van der Waals surface area (Å²) >= 11 is 3.12. The van der Waals surface area contributed by atoms with Crippen LogP contribution >= 0.6 is 15.9 Å². The van der Waals surface area contributed by atoms with Crippen LogP contribution in [0.15, 0.2) is 22.7 Å².